The van der Waals surface area contributed by atoms with E-state index in [1.165, 1.54) is 11.3 Å². The lowest BCUT2D eigenvalue weighted by Crippen LogP contribution is -2.42. The number of H-pyrrole nitrogens is 1. The van der Waals surface area contributed by atoms with E-state index in [4.69, 9.17) is 0 Å². The Kier molecular flexibility index (Phi) is 4.35. The van der Waals surface area contributed by atoms with E-state index in [2.05, 4.69) is 25.5 Å². The summed E-state index contributed by atoms with van der Waals surface area (Å²) in [4.78, 5) is 22.4. The fourth-order valence-electron chi connectivity index (χ4n) is 3.31. The van der Waals surface area contributed by atoms with Crippen molar-refractivity contribution in [1.82, 2.24) is 25.1 Å². The Morgan fingerprint density at radius 3 is 3.08 bits per heavy atom. The van der Waals surface area contributed by atoms with Gasteiger partial charge in [-0.1, -0.05) is 23.5 Å². The number of aromatic nitrogens is 4. The second kappa shape index (κ2) is 6.79. The molecule has 3 aromatic rings. The molecule has 2 amide bonds. The number of rotatable bonds is 3. The van der Waals surface area contributed by atoms with E-state index in [9.17, 15) is 4.79 Å². The minimum absolute atomic E-state index is 0.0922. The summed E-state index contributed by atoms with van der Waals surface area (Å²) in [6, 6.07) is 7.96. The number of hydrogen-bond acceptors (Lipinski definition) is 5. The number of aromatic amines is 1. The number of amides is 2. The summed E-state index contributed by atoms with van der Waals surface area (Å²) < 4.78 is 0. The Balaban J connectivity index is 1.39. The van der Waals surface area contributed by atoms with Gasteiger partial charge >= 0.3 is 6.03 Å². The van der Waals surface area contributed by atoms with Crippen LogP contribution in [0.3, 0.4) is 0 Å². The van der Waals surface area contributed by atoms with Gasteiger partial charge in [0.15, 0.2) is 0 Å². The van der Waals surface area contributed by atoms with Crippen LogP contribution in [0.25, 0.3) is 11.0 Å². The zero-order valence-electron chi connectivity index (χ0n) is 14.0. The number of nitrogens with one attached hydrogen (secondary N) is 2. The smallest absolute Gasteiger partial charge is 0.323 e. The van der Waals surface area contributed by atoms with Crippen molar-refractivity contribution < 1.29 is 4.79 Å². The maximum atomic E-state index is 12.4. The summed E-state index contributed by atoms with van der Waals surface area (Å²) in [5.41, 5.74) is 2.06. The molecule has 1 saturated heterocycles. The number of hydrogen-bond donors (Lipinski definition) is 2. The molecule has 4 rings (SSSR count). The van der Waals surface area contributed by atoms with Gasteiger partial charge in [-0.05, 0) is 37.8 Å². The van der Waals surface area contributed by atoms with Crippen LogP contribution in [0.4, 0.5) is 9.93 Å². The lowest BCUT2D eigenvalue weighted by Gasteiger charge is -2.32. The molecule has 3 heterocycles. The van der Waals surface area contributed by atoms with Crippen molar-refractivity contribution in [1.29, 1.82) is 0 Å². The highest BCUT2D eigenvalue weighted by molar-refractivity contribution is 7.15. The van der Waals surface area contributed by atoms with Crippen molar-refractivity contribution in [2.45, 2.75) is 26.2 Å². The lowest BCUT2D eigenvalue weighted by molar-refractivity contribution is 0.176. The Labute approximate surface area is 149 Å². The number of para-hydroxylation sites is 2. The maximum absolute atomic E-state index is 12.4. The van der Waals surface area contributed by atoms with Gasteiger partial charge in [-0.3, -0.25) is 5.32 Å². The zero-order valence-corrected chi connectivity index (χ0v) is 14.8. The predicted octanol–water partition coefficient (Wildman–Crippen LogP) is 3.21. The van der Waals surface area contributed by atoms with Crippen LogP contribution in [0.1, 0.15) is 23.7 Å². The first-order valence-electron chi connectivity index (χ1n) is 8.47. The summed E-state index contributed by atoms with van der Waals surface area (Å²) in [6.07, 6.45) is 2.97. The number of aryl methyl sites for hydroxylation is 1. The normalized spacial score (nSPS) is 17.8. The van der Waals surface area contributed by atoms with Crippen molar-refractivity contribution in [2.24, 2.45) is 5.92 Å². The highest BCUT2D eigenvalue weighted by Crippen LogP contribution is 2.22. The summed E-state index contributed by atoms with van der Waals surface area (Å²) in [7, 11) is 0. The molecule has 0 aliphatic carbocycles. The number of carbonyl (C=O) groups excluding carboxylic acids is 1. The van der Waals surface area contributed by atoms with Gasteiger partial charge in [0.1, 0.15) is 10.8 Å². The van der Waals surface area contributed by atoms with Crippen molar-refractivity contribution >= 4 is 33.5 Å². The number of benzene rings is 1. The third-order valence-electron chi connectivity index (χ3n) is 4.47. The van der Waals surface area contributed by atoms with Gasteiger partial charge in [0.25, 0.3) is 0 Å². The average molecular weight is 356 g/mol. The summed E-state index contributed by atoms with van der Waals surface area (Å²) in [5.74, 6) is 1.41. The Morgan fingerprint density at radius 2 is 2.28 bits per heavy atom. The van der Waals surface area contributed by atoms with Gasteiger partial charge in [0, 0.05) is 19.5 Å². The van der Waals surface area contributed by atoms with Crippen LogP contribution in [0.5, 0.6) is 0 Å². The van der Waals surface area contributed by atoms with E-state index in [0.29, 0.717) is 11.0 Å². The van der Waals surface area contributed by atoms with E-state index in [-0.39, 0.29) is 6.03 Å². The number of fused-ring (bicyclic) bond motifs is 1. The van der Waals surface area contributed by atoms with Crippen molar-refractivity contribution in [3.8, 4) is 0 Å². The monoisotopic (exact) mass is 356 g/mol. The largest absolute Gasteiger partial charge is 0.342 e. The molecule has 0 bridgehead atoms. The Bertz CT molecular complexity index is 855. The SMILES string of the molecule is Cc1nnc(NC(=O)N2CCC[C@H](Cc3nc4ccccc4[nH]3)C2)s1. The molecule has 8 heteroatoms. The molecule has 130 valence electrons. The van der Waals surface area contributed by atoms with E-state index in [1.807, 2.05) is 36.1 Å². The summed E-state index contributed by atoms with van der Waals surface area (Å²) in [5, 5.41) is 12.1. The molecular weight excluding hydrogens is 336 g/mol. The molecule has 1 aliphatic heterocycles. The number of imidazole rings is 1. The molecule has 1 atom stereocenters. The van der Waals surface area contributed by atoms with E-state index < -0.39 is 0 Å². The molecule has 2 aromatic heterocycles. The molecule has 0 saturated carbocycles. The molecular formula is C17H20N6OS. The zero-order chi connectivity index (χ0) is 17.2. The van der Waals surface area contributed by atoms with Gasteiger partial charge in [-0.25, -0.2) is 9.78 Å². The fourth-order valence-corrected chi connectivity index (χ4v) is 3.89. The quantitative estimate of drug-likeness (QED) is 0.754. The number of carbonyl (C=O) groups is 1. The summed E-state index contributed by atoms with van der Waals surface area (Å²) in [6.45, 7) is 3.39. The topological polar surface area (TPSA) is 86.8 Å². The van der Waals surface area contributed by atoms with Crippen LogP contribution in [0.15, 0.2) is 24.3 Å². The second-order valence-corrected chi connectivity index (χ2v) is 7.60. The molecule has 1 aromatic carbocycles. The maximum Gasteiger partial charge on any atom is 0.323 e. The third kappa shape index (κ3) is 3.63. The van der Waals surface area contributed by atoms with Crippen LogP contribution in [0, 0.1) is 12.8 Å². The first-order valence-corrected chi connectivity index (χ1v) is 9.29. The third-order valence-corrected chi connectivity index (χ3v) is 5.22. The molecule has 7 nitrogen and oxygen atoms in total. The van der Waals surface area contributed by atoms with E-state index in [0.717, 1.165) is 54.2 Å². The average Bonchev–Trinajstić information content (AvgIpc) is 3.20. The lowest BCUT2D eigenvalue weighted by atomic mass is 9.95. The van der Waals surface area contributed by atoms with Crippen molar-refractivity contribution in [3.05, 3.63) is 35.1 Å². The van der Waals surface area contributed by atoms with Crippen LogP contribution in [0.2, 0.25) is 0 Å². The first-order chi connectivity index (χ1) is 12.2. The predicted molar refractivity (Wildman–Crippen MR) is 97.8 cm³/mol. The van der Waals surface area contributed by atoms with Gasteiger partial charge in [0.05, 0.1) is 11.0 Å². The van der Waals surface area contributed by atoms with Gasteiger partial charge in [-0.2, -0.15) is 0 Å². The number of piperidine rings is 1. The first kappa shape index (κ1) is 16.0. The van der Waals surface area contributed by atoms with E-state index >= 15 is 0 Å². The number of anilines is 1. The second-order valence-electron chi connectivity index (χ2n) is 6.42. The van der Waals surface area contributed by atoms with Crippen LogP contribution in [-0.2, 0) is 6.42 Å². The standard InChI is InChI=1S/C17H20N6OS/c1-11-21-22-16(25-11)20-17(24)23-8-4-5-12(10-23)9-15-18-13-6-2-3-7-14(13)19-15/h2-3,6-7,12H,4-5,8-10H2,1H3,(H,18,19)(H,20,22,24)/t12-/m1/s1. The Hall–Kier alpha value is -2.48. The molecule has 0 radical (unpaired) electrons. The minimum Gasteiger partial charge on any atom is -0.342 e. The molecule has 1 aliphatic rings. The van der Waals surface area contributed by atoms with E-state index in [1.54, 1.807) is 0 Å². The fraction of sp³-hybridized carbons (Fsp3) is 0.412. The van der Waals surface area contributed by atoms with Crippen molar-refractivity contribution in [2.75, 3.05) is 18.4 Å². The number of nitrogens with zero attached hydrogens (tertiary/aromatic N) is 4. The molecule has 0 unspecified atom stereocenters. The number of likely N-dealkylation sites (tertiary alicyclic amines) is 1. The molecule has 25 heavy (non-hydrogen) atoms. The van der Waals surface area contributed by atoms with Crippen molar-refractivity contribution in [3.63, 3.8) is 0 Å². The summed E-state index contributed by atoms with van der Waals surface area (Å²) >= 11 is 1.39. The van der Waals surface area contributed by atoms with Crippen LogP contribution in [-0.4, -0.2) is 44.2 Å². The van der Waals surface area contributed by atoms with Crippen LogP contribution < -0.4 is 5.32 Å². The highest BCUT2D eigenvalue weighted by atomic mass is 32.1. The molecule has 2 N–H and O–H groups in total. The Morgan fingerprint density at radius 1 is 1.40 bits per heavy atom. The van der Waals surface area contributed by atoms with Gasteiger partial charge in [-0.15, -0.1) is 10.2 Å². The molecule has 0 spiro atoms. The number of urea groups is 1. The van der Waals surface area contributed by atoms with Crippen LogP contribution >= 0.6 is 11.3 Å². The van der Waals surface area contributed by atoms with Gasteiger partial charge < -0.3 is 9.88 Å². The highest BCUT2D eigenvalue weighted by Gasteiger charge is 2.25. The van der Waals surface area contributed by atoms with Gasteiger partial charge in [0.2, 0.25) is 5.13 Å². The minimum atomic E-state index is -0.0922. The molecule has 1 fully saturated rings.